The quantitative estimate of drug-likeness (QED) is 0.328. The lowest BCUT2D eigenvalue weighted by atomic mass is 10.1. The Labute approximate surface area is 185 Å². The number of esters is 1. The smallest absolute Gasteiger partial charge is 0.330 e. The molecule has 9 heteroatoms. The van der Waals surface area contributed by atoms with Crippen molar-refractivity contribution in [2.24, 2.45) is 0 Å². The molecule has 0 radical (unpaired) electrons. The van der Waals surface area contributed by atoms with Crippen LogP contribution in [0.15, 0.2) is 60.7 Å². The Kier molecular flexibility index (Phi) is 9.18. The third-order valence-corrected chi connectivity index (χ3v) is 3.94. The van der Waals surface area contributed by atoms with E-state index in [0.29, 0.717) is 29.3 Å². The Morgan fingerprint density at radius 2 is 1.65 bits per heavy atom. The van der Waals surface area contributed by atoms with Gasteiger partial charge >= 0.3 is 5.97 Å². The number of benzene rings is 2. The molecule has 31 heavy (non-hydrogen) atoms. The summed E-state index contributed by atoms with van der Waals surface area (Å²) >= 11 is 5.12. The van der Waals surface area contributed by atoms with Crippen molar-refractivity contribution < 1.29 is 23.9 Å². The third kappa shape index (κ3) is 7.90. The number of nitrogens with one attached hydrogen (secondary N) is 3. The molecule has 0 aliphatic rings. The standard InChI is InChI=1S/C22H23N3O5S/c1-3-29-16-11-9-15(10-12-16)23-21(28)17-7-5-6-8-18(17)24-22(31)25-19(26)13-14-20(27)30-4-2/h5-14H,3-4H2,1-2H3,(H,23,28)(H2,24,25,26,31)/b14-13+. The summed E-state index contributed by atoms with van der Waals surface area (Å²) in [6.45, 7) is 4.32. The fraction of sp³-hybridized carbons (Fsp3) is 0.182. The SMILES string of the molecule is CCOC(=O)/C=C/C(=O)NC(=S)Nc1ccccc1C(=O)Nc1ccc(OCC)cc1. The van der Waals surface area contributed by atoms with Crippen LogP contribution in [0.4, 0.5) is 11.4 Å². The van der Waals surface area contributed by atoms with Gasteiger partial charge in [-0.15, -0.1) is 0 Å². The van der Waals surface area contributed by atoms with Crippen molar-refractivity contribution in [3.05, 3.63) is 66.2 Å². The first kappa shape index (κ1) is 23.6. The van der Waals surface area contributed by atoms with Gasteiger partial charge in [-0.2, -0.15) is 0 Å². The molecule has 0 atom stereocenters. The number of anilines is 2. The number of carbonyl (C=O) groups is 3. The Hall–Kier alpha value is -3.72. The fourth-order valence-corrected chi connectivity index (χ4v) is 2.64. The van der Waals surface area contributed by atoms with E-state index in [1.807, 2.05) is 6.92 Å². The van der Waals surface area contributed by atoms with E-state index >= 15 is 0 Å². The van der Waals surface area contributed by atoms with Crippen LogP contribution < -0.4 is 20.7 Å². The summed E-state index contributed by atoms with van der Waals surface area (Å²) in [7, 11) is 0. The number of thiocarbonyl (C=S) groups is 1. The minimum atomic E-state index is -0.632. The summed E-state index contributed by atoms with van der Waals surface area (Å²) in [5.74, 6) is -0.890. The molecule has 162 valence electrons. The summed E-state index contributed by atoms with van der Waals surface area (Å²) < 4.78 is 10.1. The first-order valence-corrected chi connectivity index (χ1v) is 9.93. The molecule has 2 amide bonds. The van der Waals surface area contributed by atoms with Crippen molar-refractivity contribution in [1.29, 1.82) is 0 Å². The van der Waals surface area contributed by atoms with Crippen LogP contribution in [-0.4, -0.2) is 36.1 Å². The van der Waals surface area contributed by atoms with Crippen molar-refractivity contribution in [3.63, 3.8) is 0 Å². The summed E-state index contributed by atoms with van der Waals surface area (Å²) in [6, 6.07) is 13.7. The average Bonchev–Trinajstić information content (AvgIpc) is 2.74. The van der Waals surface area contributed by atoms with Crippen LogP contribution in [0, 0.1) is 0 Å². The van der Waals surface area contributed by atoms with E-state index in [9.17, 15) is 14.4 Å². The van der Waals surface area contributed by atoms with E-state index in [4.69, 9.17) is 21.7 Å². The highest BCUT2D eigenvalue weighted by Crippen LogP contribution is 2.19. The molecule has 0 aromatic heterocycles. The van der Waals surface area contributed by atoms with Crippen LogP contribution in [0.25, 0.3) is 0 Å². The van der Waals surface area contributed by atoms with Gasteiger partial charge in [0.05, 0.1) is 24.5 Å². The molecule has 8 nitrogen and oxygen atoms in total. The van der Waals surface area contributed by atoms with Crippen LogP contribution in [0.3, 0.4) is 0 Å². The van der Waals surface area contributed by atoms with Gasteiger partial charge in [-0.3, -0.25) is 14.9 Å². The highest BCUT2D eigenvalue weighted by atomic mass is 32.1. The Balaban J connectivity index is 2.00. The number of rotatable bonds is 8. The number of ether oxygens (including phenoxy) is 2. The van der Waals surface area contributed by atoms with Crippen molar-refractivity contribution in [3.8, 4) is 5.75 Å². The highest BCUT2D eigenvalue weighted by Gasteiger charge is 2.13. The van der Waals surface area contributed by atoms with Gasteiger partial charge in [-0.25, -0.2) is 4.79 Å². The van der Waals surface area contributed by atoms with E-state index in [1.54, 1.807) is 55.5 Å². The summed E-state index contributed by atoms with van der Waals surface area (Å²) in [6.07, 6.45) is 2.01. The summed E-state index contributed by atoms with van der Waals surface area (Å²) in [5, 5.41) is 7.99. The predicted molar refractivity (Wildman–Crippen MR) is 122 cm³/mol. The van der Waals surface area contributed by atoms with E-state index in [-0.39, 0.29) is 17.6 Å². The molecule has 2 rings (SSSR count). The molecule has 0 heterocycles. The maximum absolute atomic E-state index is 12.7. The lowest BCUT2D eigenvalue weighted by Gasteiger charge is -2.13. The van der Waals surface area contributed by atoms with Crippen LogP contribution in [-0.2, 0) is 14.3 Å². The predicted octanol–water partition coefficient (Wildman–Crippen LogP) is 3.27. The van der Waals surface area contributed by atoms with Gasteiger partial charge in [0.2, 0.25) is 5.91 Å². The molecule has 0 saturated heterocycles. The van der Waals surface area contributed by atoms with E-state index < -0.39 is 11.9 Å². The van der Waals surface area contributed by atoms with Crippen molar-refractivity contribution in [1.82, 2.24) is 5.32 Å². The molecule has 0 fully saturated rings. The largest absolute Gasteiger partial charge is 0.494 e. The molecule has 2 aromatic carbocycles. The molecule has 0 aliphatic heterocycles. The van der Waals surface area contributed by atoms with Crippen molar-refractivity contribution >= 4 is 46.5 Å². The summed E-state index contributed by atoms with van der Waals surface area (Å²) in [5.41, 5.74) is 1.34. The number of para-hydroxylation sites is 1. The molecular formula is C22H23N3O5S. The Morgan fingerprint density at radius 1 is 0.935 bits per heavy atom. The van der Waals surface area contributed by atoms with Gasteiger partial charge in [-0.05, 0) is 62.5 Å². The van der Waals surface area contributed by atoms with Gasteiger partial charge in [0.25, 0.3) is 5.91 Å². The number of carbonyl (C=O) groups excluding carboxylic acids is 3. The van der Waals surface area contributed by atoms with Crippen molar-refractivity contribution in [2.45, 2.75) is 13.8 Å². The second-order valence-corrected chi connectivity index (χ2v) is 6.39. The van der Waals surface area contributed by atoms with Gasteiger partial charge in [0.1, 0.15) is 5.75 Å². The molecule has 0 unspecified atom stereocenters. The van der Waals surface area contributed by atoms with Crippen LogP contribution in [0.1, 0.15) is 24.2 Å². The molecule has 0 spiro atoms. The molecule has 2 aromatic rings. The average molecular weight is 442 g/mol. The van der Waals surface area contributed by atoms with Crippen molar-refractivity contribution in [2.75, 3.05) is 23.8 Å². The molecule has 0 saturated carbocycles. The lowest BCUT2D eigenvalue weighted by Crippen LogP contribution is -2.33. The van der Waals surface area contributed by atoms with Gasteiger partial charge in [-0.1, -0.05) is 12.1 Å². The van der Waals surface area contributed by atoms with Crippen LogP contribution >= 0.6 is 12.2 Å². The Bertz CT molecular complexity index is 973. The van der Waals surface area contributed by atoms with E-state index in [2.05, 4.69) is 16.0 Å². The minimum Gasteiger partial charge on any atom is -0.494 e. The van der Waals surface area contributed by atoms with Gasteiger partial charge < -0.3 is 20.1 Å². The fourth-order valence-electron chi connectivity index (χ4n) is 2.43. The van der Waals surface area contributed by atoms with Crippen LogP contribution in [0.2, 0.25) is 0 Å². The maximum Gasteiger partial charge on any atom is 0.330 e. The number of hydrogen-bond acceptors (Lipinski definition) is 6. The van der Waals surface area contributed by atoms with Gasteiger partial charge in [0.15, 0.2) is 5.11 Å². The second-order valence-electron chi connectivity index (χ2n) is 5.99. The lowest BCUT2D eigenvalue weighted by molar-refractivity contribution is -0.137. The molecule has 0 aliphatic carbocycles. The zero-order valence-electron chi connectivity index (χ0n) is 17.1. The Morgan fingerprint density at radius 3 is 2.32 bits per heavy atom. The monoisotopic (exact) mass is 441 g/mol. The zero-order chi connectivity index (χ0) is 22.6. The maximum atomic E-state index is 12.7. The zero-order valence-corrected chi connectivity index (χ0v) is 18.0. The molecular weight excluding hydrogens is 418 g/mol. The highest BCUT2D eigenvalue weighted by molar-refractivity contribution is 7.80. The first-order valence-electron chi connectivity index (χ1n) is 9.53. The van der Waals surface area contributed by atoms with E-state index in [1.165, 1.54) is 0 Å². The first-order chi connectivity index (χ1) is 14.9. The minimum absolute atomic E-state index is 0.0279. The van der Waals surface area contributed by atoms with Crippen LogP contribution in [0.5, 0.6) is 5.75 Å². The topological polar surface area (TPSA) is 106 Å². The van der Waals surface area contributed by atoms with E-state index in [0.717, 1.165) is 12.2 Å². The normalized spacial score (nSPS) is 10.3. The third-order valence-electron chi connectivity index (χ3n) is 3.74. The molecule has 3 N–H and O–H groups in total. The van der Waals surface area contributed by atoms with Gasteiger partial charge in [0, 0.05) is 17.8 Å². The summed E-state index contributed by atoms with van der Waals surface area (Å²) in [4.78, 5) is 35.8. The molecule has 0 bridgehead atoms. The number of hydrogen-bond donors (Lipinski definition) is 3. The number of amides is 2. The second kappa shape index (κ2) is 12.1.